The summed E-state index contributed by atoms with van der Waals surface area (Å²) < 4.78 is 6.36. The lowest BCUT2D eigenvalue weighted by molar-refractivity contribution is -0.121. The number of hydrogen-bond donors (Lipinski definition) is 1. The summed E-state index contributed by atoms with van der Waals surface area (Å²) in [5, 5.41) is 3.54. The van der Waals surface area contributed by atoms with E-state index < -0.39 is 0 Å². The first-order chi connectivity index (χ1) is 8.23. The van der Waals surface area contributed by atoms with E-state index in [4.69, 9.17) is 4.74 Å². The van der Waals surface area contributed by atoms with E-state index in [2.05, 4.69) is 38.2 Å². The quantitative estimate of drug-likeness (QED) is 0.886. The zero-order valence-electron chi connectivity index (χ0n) is 11.1. The Balaban J connectivity index is 2.11. The average Bonchev–Trinajstić information content (AvgIpc) is 2.87. The van der Waals surface area contributed by atoms with Crippen LogP contribution in [-0.2, 0) is 11.2 Å². The molecule has 1 aromatic heterocycles. The van der Waals surface area contributed by atoms with Gasteiger partial charge in [0.25, 0.3) is 0 Å². The van der Waals surface area contributed by atoms with Gasteiger partial charge in [-0.3, -0.25) is 0 Å². The van der Waals surface area contributed by atoms with Crippen molar-refractivity contribution in [3.05, 3.63) is 21.9 Å². The van der Waals surface area contributed by atoms with Gasteiger partial charge in [-0.1, -0.05) is 20.8 Å². The number of morpholine rings is 1. The van der Waals surface area contributed by atoms with Gasteiger partial charge in [-0.05, 0) is 31.4 Å². The van der Waals surface area contributed by atoms with E-state index >= 15 is 0 Å². The molecular weight excluding hydrogens is 230 g/mol. The second kappa shape index (κ2) is 5.51. The third-order valence-electron chi connectivity index (χ3n) is 3.81. The monoisotopic (exact) mass is 253 g/mol. The molecule has 0 bridgehead atoms. The summed E-state index contributed by atoms with van der Waals surface area (Å²) in [6.07, 6.45) is 3.53. The first-order valence-electron chi connectivity index (χ1n) is 6.70. The molecule has 1 aliphatic heterocycles. The Morgan fingerprint density at radius 3 is 2.71 bits per heavy atom. The minimum Gasteiger partial charge on any atom is -0.364 e. The third kappa shape index (κ3) is 2.72. The molecular formula is C14H23NOS. The Morgan fingerprint density at radius 1 is 1.35 bits per heavy atom. The van der Waals surface area contributed by atoms with Crippen molar-refractivity contribution in [2.24, 2.45) is 0 Å². The Labute approximate surface area is 108 Å². The van der Waals surface area contributed by atoms with Gasteiger partial charge in [0.05, 0.1) is 5.60 Å². The fraction of sp³-hybridized carbons (Fsp3) is 0.714. The molecule has 1 fully saturated rings. The standard InChI is InChI=1S/C14H23NOS/c1-4-11-7-8-13(17-11)12-9-15-10-14(5-2,6-3)16-12/h7-8,12,15H,4-6,9-10H2,1-3H3. The fourth-order valence-corrected chi connectivity index (χ4v) is 3.38. The summed E-state index contributed by atoms with van der Waals surface area (Å²) in [5.41, 5.74) is 0.0410. The normalized spacial score (nSPS) is 23.8. The van der Waals surface area contributed by atoms with Crippen molar-refractivity contribution in [2.45, 2.75) is 51.7 Å². The molecule has 1 aromatic rings. The van der Waals surface area contributed by atoms with Crippen LogP contribution >= 0.6 is 11.3 Å². The summed E-state index contributed by atoms with van der Waals surface area (Å²) in [6, 6.07) is 4.47. The molecule has 3 heteroatoms. The molecule has 1 atom stereocenters. The van der Waals surface area contributed by atoms with Crippen molar-refractivity contribution in [1.29, 1.82) is 0 Å². The largest absolute Gasteiger partial charge is 0.364 e. The lowest BCUT2D eigenvalue weighted by Crippen LogP contribution is -2.50. The van der Waals surface area contributed by atoms with Gasteiger partial charge in [-0.2, -0.15) is 0 Å². The summed E-state index contributed by atoms with van der Waals surface area (Å²) in [6.45, 7) is 8.59. The zero-order valence-corrected chi connectivity index (χ0v) is 11.9. The molecule has 96 valence electrons. The Kier molecular flexibility index (Phi) is 4.23. The summed E-state index contributed by atoms with van der Waals surface area (Å²) >= 11 is 1.90. The molecule has 0 amide bonds. The van der Waals surface area contributed by atoms with Crippen molar-refractivity contribution < 1.29 is 4.74 Å². The summed E-state index contributed by atoms with van der Waals surface area (Å²) in [4.78, 5) is 2.83. The van der Waals surface area contributed by atoms with E-state index in [1.807, 2.05) is 11.3 Å². The maximum atomic E-state index is 6.36. The second-order valence-electron chi connectivity index (χ2n) is 4.79. The molecule has 1 aliphatic rings. The average molecular weight is 253 g/mol. The van der Waals surface area contributed by atoms with Gasteiger partial charge in [0.1, 0.15) is 6.10 Å². The minimum atomic E-state index is 0.0410. The van der Waals surface area contributed by atoms with E-state index in [0.717, 1.165) is 32.4 Å². The first-order valence-corrected chi connectivity index (χ1v) is 7.51. The topological polar surface area (TPSA) is 21.3 Å². The molecule has 2 rings (SSSR count). The molecule has 0 spiro atoms. The highest BCUT2D eigenvalue weighted by Gasteiger charge is 2.35. The first kappa shape index (κ1) is 13.1. The molecule has 1 N–H and O–H groups in total. The molecule has 1 saturated heterocycles. The van der Waals surface area contributed by atoms with Crippen LogP contribution in [0.5, 0.6) is 0 Å². The van der Waals surface area contributed by atoms with Crippen LogP contribution in [0.1, 0.15) is 49.5 Å². The smallest absolute Gasteiger partial charge is 0.105 e. The number of aryl methyl sites for hydroxylation is 1. The number of hydrogen-bond acceptors (Lipinski definition) is 3. The van der Waals surface area contributed by atoms with Crippen LogP contribution in [0.25, 0.3) is 0 Å². The van der Waals surface area contributed by atoms with E-state index in [0.29, 0.717) is 0 Å². The summed E-state index contributed by atoms with van der Waals surface area (Å²) in [7, 11) is 0. The van der Waals surface area contributed by atoms with Crippen molar-refractivity contribution >= 4 is 11.3 Å². The highest BCUT2D eigenvalue weighted by Crippen LogP contribution is 2.34. The van der Waals surface area contributed by atoms with Crippen molar-refractivity contribution in [3.63, 3.8) is 0 Å². The number of ether oxygens (including phenoxy) is 1. The van der Waals surface area contributed by atoms with Gasteiger partial charge in [0.2, 0.25) is 0 Å². The third-order valence-corrected chi connectivity index (χ3v) is 5.13. The molecule has 2 nitrogen and oxygen atoms in total. The minimum absolute atomic E-state index is 0.0410. The van der Waals surface area contributed by atoms with Gasteiger partial charge in [0.15, 0.2) is 0 Å². The molecule has 0 aliphatic carbocycles. The van der Waals surface area contributed by atoms with E-state index in [1.165, 1.54) is 9.75 Å². The molecule has 0 aromatic carbocycles. The Bertz CT molecular complexity index is 357. The van der Waals surface area contributed by atoms with Crippen LogP contribution in [0.2, 0.25) is 0 Å². The highest BCUT2D eigenvalue weighted by molar-refractivity contribution is 7.12. The van der Waals surface area contributed by atoms with E-state index in [1.54, 1.807) is 0 Å². The highest BCUT2D eigenvalue weighted by atomic mass is 32.1. The molecule has 0 saturated carbocycles. The molecule has 0 radical (unpaired) electrons. The Morgan fingerprint density at radius 2 is 2.12 bits per heavy atom. The van der Waals surface area contributed by atoms with Crippen LogP contribution in [0.4, 0.5) is 0 Å². The van der Waals surface area contributed by atoms with Gasteiger partial charge in [-0.15, -0.1) is 11.3 Å². The summed E-state index contributed by atoms with van der Waals surface area (Å²) in [5.74, 6) is 0. The molecule has 2 heterocycles. The number of nitrogens with one attached hydrogen (secondary N) is 1. The maximum Gasteiger partial charge on any atom is 0.105 e. The van der Waals surface area contributed by atoms with Gasteiger partial charge in [0, 0.05) is 22.8 Å². The van der Waals surface area contributed by atoms with Crippen molar-refractivity contribution in [1.82, 2.24) is 5.32 Å². The maximum absolute atomic E-state index is 6.36. The lowest BCUT2D eigenvalue weighted by atomic mass is 9.95. The SMILES string of the molecule is CCc1ccc(C2CNCC(CC)(CC)O2)s1. The number of rotatable bonds is 4. The van der Waals surface area contributed by atoms with E-state index in [-0.39, 0.29) is 11.7 Å². The van der Waals surface area contributed by atoms with Gasteiger partial charge < -0.3 is 10.1 Å². The predicted octanol–water partition coefficient (Wildman–Crippen LogP) is 3.53. The van der Waals surface area contributed by atoms with Crippen LogP contribution < -0.4 is 5.32 Å². The van der Waals surface area contributed by atoms with Crippen LogP contribution in [0.15, 0.2) is 12.1 Å². The van der Waals surface area contributed by atoms with Gasteiger partial charge >= 0.3 is 0 Å². The predicted molar refractivity (Wildman–Crippen MR) is 73.7 cm³/mol. The van der Waals surface area contributed by atoms with Crippen molar-refractivity contribution in [3.8, 4) is 0 Å². The van der Waals surface area contributed by atoms with Crippen LogP contribution in [-0.4, -0.2) is 18.7 Å². The fourth-order valence-electron chi connectivity index (χ4n) is 2.40. The Hall–Kier alpha value is -0.380. The molecule has 17 heavy (non-hydrogen) atoms. The van der Waals surface area contributed by atoms with Crippen LogP contribution in [0, 0.1) is 0 Å². The van der Waals surface area contributed by atoms with Crippen LogP contribution in [0.3, 0.4) is 0 Å². The molecule has 1 unspecified atom stereocenters. The van der Waals surface area contributed by atoms with E-state index in [9.17, 15) is 0 Å². The second-order valence-corrected chi connectivity index (χ2v) is 5.99. The zero-order chi connectivity index (χ0) is 12.3. The lowest BCUT2D eigenvalue weighted by Gasteiger charge is -2.40. The van der Waals surface area contributed by atoms with Gasteiger partial charge in [-0.25, -0.2) is 0 Å². The van der Waals surface area contributed by atoms with Crippen molar-refractivity contribution in [2.75, 3.05) is 13.1 Å². The number of thiophene rings is 1.